The van der Waals surface area contributed by atoms with E-state index in [0.717, 1.165) is 12.1 Å². The highest BCUT2D eigenvalue weighted by Gasteiger charge is 2.31. The number of fused-ring (bicyclic) bond motifs is 1. The summed E-state index contributed by atoms with van der Waals surface area (Å²) in [5.74, 6) is 0. The Hall–Kier alpha value is -0.0800. The smallest absolute Gasteiger partial charge is 0.0249 e. The van der Waals surface area contributed by atoms with Crippen LogP contribution in [0.25, 0.3) is 0 Å². The average Bonchev–Trinajstić information content (AvgIpc) is 2.19. The molecule has 76 valence electrons. The largest absolute Gasteiger partial charge is 0.311 e. The molecule has 0 amide bonds. The molecule has 0 bridgehead atoms. The Balaban J connectivity index is 1.94. The molecule has 2 aliphatic rings. The third kappa shape index (κ3) is 2.05. The third-order valence-electron chi connectivity index (χ3n) is 3.51. The summed E-state index contributed by atoms with van der Waals surface area (Å²) in [7, 11) is 0. The van der Waals surface area contributed by atoms with Crippen molar-refractivity contribution in [3.63, 3.8) is 0 Å². The maximum Gasteiger partial charge on any atom is 0.0249 e. The highest BCUT2D eigenvalue weighted by molar-refractivity contribution is 4.91. The monoisotopic (exact) mass is 182 g/mol. The van der Waals surface area contributed by atoms with Gasteiger partial charge in [0.1, 0.15) is 0 Å². The van der Waals surface area contributed by atoms with Crippen LogP contribution < -0.4 is 5.32 Å². The Kier molecular flexibility index (Phi) is 3.23. The highest BCUT2D eigenvalue weighted by Crippen LogP contribution is 2.25. The zero-order valence-electron chi connectivity index (χ0n) is 8.76. The summed E-state index contributed by atoms with van der Waals surface area (Å²) >= 11 is 0. The Bertz CT molecular complexity index is 154. The molecule has 1 heterocycles. The van der Waals surface area contributed by atoms with E-state index in [-0.39, 0.29) is 0 Å². The van der Waals surface area contributed by atoms with E-state index in [4.69, 9.17) is 0 Å². The summed E-state index contributed by atoms with van der Waals surface area (Å²) in [6, 6.07) is 1.68. The molecule has 0 aromatic carbocycles. The lowest BCUT2D eigenvalue weighted by Gasteiger charge is -2.44. The van der Waals surface area contributed by atoms with Gasteiger partial charge in [0.15, 0.2) is 0 Å². The third-order valence-corrected chi connectivity index (χ3v) is 3.51. The van der Waals surface area contributed by atoms with Gasteiger partial charge in [0, 0.05) is 25.2 Å². The molecule has 1 aliphatic carbocycles. The van der Waals surface area contributed by atoms with Crippen molar-refractivity contribution in [2.24, 2.45) is 0 Å². The second-order valence-corrected chi connectivity index (χ2v) is 4.45. The van der Waals surface area contributed by atoms with E-state index in [9.17, 15) is 0 Å². The minimum atomic E-state index is 0.814. The lowest BCUT2D eigenvalue weighted by Crippen LogP contribution is -2.58. The molecule has 2 heteroatoms. The van der Waals surface area contributed by atoms with Crippen molar-refractivity contribution >= 4 is 0 Å². The first kappa shape index (κ1) is 9.47. The lowest BCUT2D eigenvalue weighted by atomic mass is 9.87. The molecule has 13 heavy (non-hydrogen) atoms. The van der Waals surface area contributed by atoms with Crippen molar-refractivity contribution in [3.05, 3.63) is 0 Å². The molecule has 2 atom stereocenters. The minimum absolute atomic E-state index is 0.814. The van der Waals surface area contributed by atoms with Gasteiger partial charge in [0.05, 0.1) is 0 Å². The molecule has 1 saturated heterocycles. The van der Waals surface area contributed by atoms with Gasteiger partial charge in [-0.25, -0.2) is 0 Å². The van der Waals surface area contributed by atoms with Gasteiger partial charge in [-0.2, -0.15) is 0 Å². The highest BCUT2D eigenvalue weighted by atomic mass is 15.2. The maximum atomic E-state index is 3.67. The van der Waals surface area contributed by atoms with Gasteiger partial charge in [-0.1, -0.05) is 19.8 Å². The zero-order valence-corrected chi connectivity index (χ0v) is 8.76. The minimum Gasteiger partial charge on any atom is -0.311 e. The number of hydrogen-bond donors (Lipinski definition) is 1. The van der Waals surface area contributed by atoms with Crippen LogP contribution in [0.3, 0.4) is 0 Å². The molecule has 0 unspecified atom stereocenters. The Morgan fingerprint density at radius 3 is 3.00 bits per heavy atom. The van der Waals surface area contributed by atoms with Crippen LogP contribution in [0.1, 0.15) is 39.0 Å². The second-order valence-electron chi connectivity index (χ2n) is 4.45. The fourth-order valence-electron chi connectivity index (χ4n) is 2.91. The SMILES string of the molecule is CCCN1CCN[C@H]2CCCC[C@H]21. The fourth-order valence-corrected chi connectivity index (χ4v) is 2.91. The predicted octanol–water partition coefficient (Wildman–Crippen LogP) is 1.61. The molecule has 0 spiro atoms. The summed E-state index contributed by atoms with van der Waals surface area (Å²) < 4.78 is 0. The topological polar surface area (TPSA) is 15.3 Å². The molecule has 1 aliphatic heterocycles. The van der Waals surface area contributed by atoms with E-state index < -0.39 is 0 Å². The van der Waals surface area contributed by atoms with Gasteiger partial charge in [0.25, 0.3) is 0 Å². The maximum absolute atomic E-state index is 3.67. The van der Waals surface area contributed by atoms with Gasteiger partial charge in [0.2, 0.25) is 0 Å². The molecule has 0 aromatic rings. The summed E-state index contributed by atoms with van der Waals surface area (Å²) in [4.78, 5) is 2.71. The Morgan fingerprint density at radius 1 is 1.31 bits per heavy atom. The Labute approximate surface area is 81.7 Å². The molecule has 0 aromatic heterocycles. The molecule has 2 rings (SSSR count). The molecule has 2 nitrogen and oxygen atoms in total. The van der Waals surface area contributed by atoms with Crippen LogP contribution >= 0.6 is 0 Å². The normalized spacial score (nSPS) is 35.8. The first-order chi connectivity index (χ1) is 6.42. The van der Waals surface area contributed by atoms with Crippen LogP contribution in [0.2, 0.25) is 0 Å². The standard InChI is InChI=1S/C11H22N2/c1-2-8-13-9-7-12-10-5-3-4-6-11(10)13/h10-12H,2-9H2,1H3/t10-,11+/m0/s1. The van der Waals surface area contributed by atoms with Gasteiger partial charge in [-0.15, -0.1) is 0 Å². The van der Waals surface area contributed by atoms with E-state index in [0.29, 0.717) is 0 Å². The van der Waals surface area contributed by atoms with Crippen LogP contribution in [0.5, 0.6) is 0 Å². The predicted molar refractivity (Wildman–Crippen MR) is 55.9 cm³/mol. The lowest BCUT2D eigenvalue weighted by molar-refractivity contribution is 0.0883. The van der Waals surface area contributed by atoms with E-state index in [1.54, 1.807) is 0 Å². The molecule has 0 radical (unpaired) electrons. The van der Waals surface area contributed by atoms with Crippen LogP contribution in [0, 0.1) is 0 Å². The quantitative estimate of drug-likeness (QED) is 0.698. The zero-order chi connectivity index (χ0) is 9.10. The average molecular weight is 182 g/mol. The van der Waals surface area contributed by atoms with E-state index in [1.807, 2.05) is 0 Å². The van der Waals surface area contributed by atoms with Crippen molar-refractivity contribution in [3.8, 4) is 0 Å². The van der Waals surface area contributed by atoms with Crippen molar-refractivity contribution < 1.29 is 0 Å². The number of rotatable bonds is 2. The second kappa shape index (κ2) is 4.43. The van der Waals surface area contributed by atoms with Crippen LogP contribution in [0.15, 0.2) is 0 Å². The number of piperazine rings is 1. The van der Waals surface area contributed by atoms with Crippen LogP contribution in [0.4, 0.5) is 0 Å². The summed E-state index contributed by atoms with van der Waals surface area (Å²) in [6.07, 6.45) is 7.03. The fraction of sp³-hybridized carbons (Fsp3) is 1.00. The van der Waals surface area contributed by atoms with Crippen molar-refractivity contribution in [2.75, 3.05) is 19.6 Å². The van der Waals surface area contributed by atoms with Crippen LogP contribution in [-0.4, -0.2) is 36.6 Å². The molecular formula is C11H22N2. The van der Waals surface area contributed by atoms with Crippen LogP contribution in [-0.2, 0) is 0 Å². The number of hydrogen-bond acceptors (Lipinski definition) is 2. The summed E-state index contributed by atoms with van der Waals surface area (Å²) in [5.41, 5.74) is 0. The summed E-state index contributed by atoms with van der Waals surface area (Å²) in [5, 5.41) is 3.67. The van der Waals surface area contributed by atoms with Crippen molar-refractivity contribution in [1.29, 1.82) is 0 Å². The van der Waals surface area contributed by atoms with Gasteiger partial charge in [-0.05, 0) is 25.8 Å². The first-order valence-corrected chi connectivity index (χ1v) is 5.89. The molecule has 2 fully saturated rings. The first-order valence-electron chi connectivity index (χ1n) is 5.89. The van der Waals surface area contributed by atoms with Gasteiger partial charge >= 0.3 is 0 Å². The van der Waals surface area contributed by atoms with Crippen molar-refractivity contribution in [1.82, 2.24) is 10.2 Å². The van der Waals surface area contributed by atoms with E-state index >= 15 is 0 Å². The van der Waals surface area contributed by atoms with Gasteiger partial charge < -0.3 is 5.32 Å². The van der Waals surface area contributed by atoms with Crippen molar-refractivity contribution in [2.45, 2.75) is 51.1 Å². The number of nitrogens with zero attached hydrogens (tertiary/aromatic N) is 1. The van der Waals surface area contributed by atoms with Gasteiger partial charge in [-0.3, -0.25) is 4.90 Å². The number of nitrogens with one attached hydrogen (secondary N) is 1. The Morgan fingerprint density at radius 2 is 2.15 bits per heavy atom. The van der Waals surface area contributed by atoms with E-state index in [2.05, 4.69) is 17.1 Å². The molecule has 1 saturated carbocycles. The summed E-state index contributed by atoms with van der Waals surface area (Å²) in [6.45, 7) is 6.08. The molecular weight excluding hydrogens is 160 g/mol. The van der Waals surface area contributed by atoms with E-state index in [1.165, 1.54) is 51.7 Å². The molecule has 1 N–H and O–H groups in total.